The van der Waals surface area contributed by atoms with Crippen LogP contribution in [0.4, 0.5) is 0 Å². The fourth-order valence-corrected chi connectivity index (χ4v) is 1.72. The van der Waals surface area contributed by atoms with E-state index in [1.54, 1.807) is 6.20 Å². The molecule has 1 aromatic carbocycles. The quantitative estimate of drug-likeness (QED) is 0.886. The van der Waals surface area contributed by atoms with E-state index in [1.807, 2.05) is 43.3 Å². The summed E-state index contributed by atoms with van der Waals surface area (Å²) in [7, 11) is 0. The maximum absolute atomic E-state index is 5.82. The lowest BCUT2D eigenvalue weighted by atomic mass is 10.2. The smallest absolute Gasteiger partial charge is 0.219 e. The summed E-state index contributed by atoms with van der Waals surface area (Å²) in [6.45, 7) is 7.11. The largest absolute Gasteiger partial charge is 0.439 e. The van der Waals surface area contributed by atoms with Crippen molar-refractivity contribution < 1.29 is 4.74 Å². The van der Waals surface area contributed by atoms with E-state index in [1.165, 1.54) is 5.56 Å². The van der Waals surface area contributed by atoms with Gasteiger partial charge in [-0.2, -0.15) is 0 Å². The molecule has 0 spiro atoms. The van der Waals surface area contributed by atoms with Crippen molar-refractivity contribution in [3.05, 3.63) is 53.7 Å². The first-order valence-electron chi connectivity index (χ1n) is 6.57. The molecule has 0 saturated heterocycles. The summed E-state index contributed by atoms with van der Waals surface area (Å²) >= 11 is 0. The topological polar surface area (TPSA) is 34.1 Å². The highest BCUT2D eigenvalue weighted by molar-refractivity contribution is 5.35. The van der Waals surface area contributed by atoms with E-state index in [0.29, 0.717) is 11.9 Å². The SMILES string of the molecule is Cc1ccccc1Oc1cc(CNC(C)C)ccn1. The molecule has 1 aromatic heterocycles. The zero-order valence-electron chi connectivity index (χ0n) is 11.7. The fourth-order valence-electron chi connectivity index (χ4n) is 1.72. The predicted octanol–water partition coefficient (Wildman–Crippen LogP) is 3.68. The van der Waals surface area contributed by atoms with Crippen LogP contribution in [0.15, 0.2) is 42.6 Å². The Balaban J connectivity index is 2.09. The van der Waals surface area contributed by atoms with Crippen LogP contribution in [0.2, 0.25) is 0 Å². The first-order chi connectivity index (χ1) is 9.15. The third-order valence-corrected chi connectivity index (χ3v) is 2.82. The molecule has 0 saturated carbocycles. The number of nitrogens with one attached hydrogen (secondary N) is 1. The van der Waals surface area contributed by atoms with Crippen molar-refractivity contribution in [2.24, 2.45) is 0 Å². The summed E-state index contributed by atoms with van der Waals surface area (Å²) in [5, 5.41) is 3.38. The number of rotatable bonds is 5. The fraction of sp³-hybridized carbons (Fsp3) is 0.312. The first kappa shape index (κ1) is 13.6. The molecule has 0 fully saturated rings. The van der Waals surface area contributed by atoms with Crippen molar-refractivity contribution in [2.75, 3.05) is 0 Å². The monoisotopic (exact) mass is 256 g/mol. The summed E-state index contributed by atoms with van der Waals surface area (Å²) in [5.41, 5.74) is 2.28. The number of aromatic nitrogens is 1. The van der Waals surface area contributed by atoms with Crippen molar-refractivity contribution in [3.63, 3.8) is 0 Å². The molecule has 1 heterocycles. The van der Waals surface area contributed by atoms with Gasteiger partial charge in [0.05, 0.1) is 0 Å². The maximum atomic E-state index is 5.82. The van der Waals surface area contributed by atoms with Gasteiger partial charge in [-0.1, -0.05) is 32.0 Å². The van der Waals surface area contributed by atoms with E-state index in [0.717, 1.165) is 17.9 Å². The molecule has 0 aliphatic carbocycles. The lowest BCUT2D eigenvalue weighted by Gasteiger charge is -2.10. The Morgan fingerprint density at radius 1 is 1.21 bits per heavy atom. The van der Waals surface area contributed by atoms with Crippen LogP contribution in [0, 0.1) is 6.92 Å². The van der Waals surface area contributed by atoms with Crippen LogP contribution in [-0.2, 0) is 6.54 Å². The predicted molar refractivity (Wildman–Crippen MR) is 77.5 cm³/mol. The van der Waals surface area contributed by atoms with Crippen LogP contribution in [0.3, 0.4) is 0 Å². The van der Waals surface area contributed by atoms with Gasteiger partial charge in [0.25, 0.3) is 0 Å². The molecule has 2 aromatic rings. The third-order valence-electron chi connectivity index (χ3n) is 2.82. The summed E-state index contributed by atoms with van der Waals surface area (Å²) in [4.78, 5) is 4.25. The van der Waals surface area contributed by atoms with Crippen molar-refractivity contribution >= 4 is 0 Å². The summed E-state index contributed by atoms with van der Waals surface area (Å²) in [5.74, 6) is 1.49. The van der Waals surface area contributed by atoms with Crippen LogP contribution in [0.1, 0.15) is 25.0 Å². The lowest BCUT2D eigenvalue weighted by molar-refractivity contribution is 0.458. The van der Waals surface area contributed by atoms with Gasteiger partial charge < -0.3 is 10.1 Å². The van der Waals surface area contributed by atoms with Crippen molar-refractivity contribution in [1.82, 2.24) is 10.3 Å². The normalized spacial score (nSPS) is 10.7. The summed E-state index contributed by atoms with van der Waals surface area (Å²) < 4.78 is 5.82. The van der Waals surface area contributed by atoms with Crippen LogP contribution >= 0.6 is 0 Å². The molecular weight excluding hydrogens is 236 g/mol. The Bertz CT molecular complexity index is 538. The average Bonchev–Trinajstić information content (AvgIpc) is 2.40. The molecule has 0 atom stereocenters. The Kier molecular flexibility index (Phi) is 4.53. The standard InChI is InChI=1S/C16H20N2O/c1-12(2)18-11-14-8-9-17-16(10-14)19-15-7-5-4-6-13(15)3/h4-10,12,18H,11H2,1-3H3. The molecule has 0 bridgehead atoms. The van der Waals surface area contributed by atoms with Gasteiger partial charge in [0.1, 0.15) is 5.75 Å². The molecule has 3 heteroatoms. The van der Waals surface area contributed by atoms with Gasteiger partial charge in [0.2, 0.25) is 5.88 Å². The van der Waals surface area contributed by atoms with Gasteiger partial charge in [0, 0.05) is 24.8 Å². The summed E-state index contributed by atoms with van der Waals surface area (Å²) in [6, 6.07) is 12.4. The van der Waals surface area contributed by atoms with Crippen molar-refractivity contribution in [2.45, 2.75) is 33.4 Å². The Morgan fingerprint density at radius 2 is 2.00 bits per heavy atom. The molecule has 1 N–H and O–H groups in total. The molecule has 19 heavy (non-hydrogen) atoms. The number of benzene rings is 1. The number of ether oxygens (including phenoxy) is 1. The molecule has 3 nitrogen and oxygen atoms in total. The van der Waals surface area contributed by atoms with Crippen LogP contribution in [0.25, 0.3) is 0 Å². The van der Waals surface area contributed by atoms with Crippen molar-refractivity contribution in [1.29, 1.82) is 0 Å². The number of nitrogens with zero attached hydrogens (tertiary/aromatic N) is 1. The van der Waals surface area contributed by atoms with Gasteiger partial charge >= 0.3 is 0 Å². The molecule has 0 amide bonds. The van der Waals surface area contributed by atoms with E-state index < -0.39 is 0 Å². The van der Waals surface area contributed by atoms with Gasteiger partial charge in [-0.15, -0.1) is 0 Å². The Morgan fingerprint density at radius 3 is 2.74 bits per heavy atom. The lowest BCUT2D eigenvalue weighted by Crippen LogP contribution is -2.21. The van der Waals surface area contributed by atoms with Crippen LogP contribution in [-0.4, -0.2) is 11.0 Å². The molecule has 100 valence electrons. The molecule has 2 rings (SSSR count). The minimum absolute atomic E-state index is 0.467. The van der Waals surface area contributed by atoms with Crippen LogP contribution in [0.5, 0.6) is 11.6 Å². The molecule has 0 aliphatic heterocycles. The number of para-hydroxylation sites is 1. The second-order valence-electron chi connectivity index (χ2n) is 4.91. The van der Waals surface area contributed by atoms with Gasteiger partial charge in [-0.3, -0.25) is 0 Å². The summed E-state index contributed by atoms with van der Waals surface area (Å²) in [6.07, 6.45) is 1.78. The highest BCUT2D eigenvalue weighted by Gasteiger charge is 2.03. The van der Waals surface area contributed by atoms with Crippen LogP contribution < -0.4 is 10.1 Å². The molecule has 0 aliphatic rings. The number of pyridine rings is 1. The van der Waals surface area contributed by atoms with E-state index in [2.05, 4.69) is 24.1 Å². The average molecular weight is 256 g/mol. The second kappa shape index (κ2) is 6.34. The first-order valence-corrected chi connectivity index (χ1v) is 6.57. The minimum Gasteiger partial charge on any atom is -0.439 e. The minimum atomic E-state index is 0.467. The zero-order chi connectivity index (χ0) is 13.7. The van der Waals surface area contributed by atoms with E-state index in [-0.39, 0.29) is 0 Å². The molecule has 0 unspecified atom stereocenters. The van der Waals surface area contributed by atoms with E-state index in [4.69, 9.17) is 4.74 Å². The molecular formula is C16H20N2O. The highest BCUT2D eigenvalue weighted by atomic mass is 16.5. The maximum Gasteiger partial charge on any atom is 0.219 e. The van der Waals surface area contributed by atoms with Gasteiger partial charge in [-0.05, 0) is 30.2 Å². The van der Waals surface area contributed by atoms with Gasteiger partial charge in [0.15, 0.2) is 0 Å². The third kappa shape index (κ3) is 4.07. The Hall–Kier alpha value is -1.87. The van der Waals surface area contributed by atoms with E-state index in [9.17, 15) is 0 Å². The molecule has 0 radical (unpaired) electrons. The Labute approximate surface area is 114 Å². The van der Waals surface area contributed by atoms with Crippen molar-refractivity contribution in [3.8, 4) is 11.6 Å². The number of aryl methyl sites for hydroxylation is 1. The number of hydrogen-bond acceptors (Lipinski definition) is 3. The highest BCUT2D eigenvalue weighted by Crippen LogP contribution is 2.23. The number of hydrogen-bond donors (Lipinski definition) is 1. The zero-order valence-corrected chi connectivity index (χ0v) is 11.7. The second-order valence-corrected chi connectivity index (χ2v) is 4.91. The van der Waals surface area contributed by atoms with Gasteiger partial charge in [-0.25, -0.2) is 4.98 Å². The van der Waals surface area contributed by atoms with E-state index >= 15 is 0 Å².